The van der Waals surface area contributed by atoms with Gasteiger partial charge in [-0.1, -0.05) is 25.1 Å². The highest BCUT2D eigenvalue weighted by Gasteiger charge is 2.48. The van der Waals surface area contributed by atoms with Crippen molar-refractivity contribution in [3.63, 3.8) is 0 Å². The third-order valence-electron chi connectivity index (χ3n) is 6.17. The molecule has 138 valence electrons. The van der Waals surface area contributed by atoms with Gasteiger partial charge in [0.05, 0.1) is 5.60 Å². The number of fused-ring (bicyclic) bond motifs is 1. The van der Waals surface area contributed by atoms with E-state index in [9.17, 15) is 10.2 Å². The minimum Gasteiger partial charge on any atom is -0.508 e. The first-order valence-electron chi connectivity index (χ1n) is 9.64. The molecule has 2 heterocycles. The highest BCUT2D eigenvalue weighted by Crippen LogP contribution is 2.45. The Balaban J connectivity index is 1.32. The van der Waals surface area contributed by atoms with Crippen LogP contribution in [-0.4, -0.2) is 45.3 Å². The van der Waals surface area contributed by atoms with Gasteiger partial charge in [0.15, 0.2) is 0 Å². The summed E-state index contributed by atoms with van der Waals surface area (Å²) in [4.78, 5) is 6.94. The van der Waals surface area contributed by atoms with Gasteiger partial charge in [-0.2, -0.15) is 0 Å². The van der Waals surface area contributed by atoms with Gasteiger partial charge in [-0.05, 0) is 60.4 Å². The van der Waals surface area contributed by atoms with E-state index in [1.165, 1.54) is 5.56 Å². The predicted molar refractivity (Wildman–Crippen MR) is 102 cm³/mol. The van der Waals surface area contributed by atoms with Crippen LogP contribution in [0.5, 0.6) is 5.75 Å². The van der Waals surface area contributed by atoms with Crippen molar-refractivity contribution in [1.29, 1.82) is 0 Å². The highest BCUT2D eigenvalue weighted by atomic mass is 16.3. The Morgan fingerprint density at radius 2 is 1.81 bits per heavy atom. The molecule has 4 nitrogen and oxygen atoms in total. The lowest BCUT2D eigenvalue weighted by atomic mass is 9.93. The third kappa shape index (κ3) is 3.76. The number of phenols is 1. The highest BCUT2D eigenvalue weighted by molar-refractivity contribution is 5.28. The third-order valence-corrected chi connectivity index (χ3v) is 6.17. The normalized spacial score (nSPS) is 29.6. The molecule has 1 unspecified atom stereocenters. The summed E-state index contributed by atoms with van der Waals surface area (Å²) in [5.41, 5.74) is 1.68. The van der Waals surface area contributed by atoms with Crippen molar-refractivity contribution in [2.45, 2.75) is 37.7 Å². The largest absolute Gasteiger partial charge is 0.508 e. The van der Waals surface area contributed by atoms with Gasteiger partial charge in [-0.15, -0.1) is 0 Å². The molecular formula is C22H28N2O2. The fourth-order valence-electron chi connectivity index (χ4n) is 4.99. The molecular weight excluding hydrogens is 324 g/mol. The van der Waals surface area contributed by atoms with Crippen molar-refractivity contribution in [1.82, 2.24) is 9.88 Å². The Hall–Kier alpha value is -1.91. The molecule has 1 aliphatic carbocycles. The van der Waals surface area contributed by atoms with Crippen LogP contribution in [0.15, 0.2) is 48.7 Å². The van der Waals surface area contributed by atoms with Crippen molar-refractivity contribution in [3.8, 4) is 5.75 Å². The molecule has 4 rings (SSSR count). The lowest BCUT2D eigenvalue weighted by molar-refractivity contribution is 0.0344. The zero-order valence-electron chi connectivity index (χ0n) is 15.4. The summed E-state index contributed by atoms with van der Waals surface area (Å²) >= 11 is 0. The van der Waals surface area contributed by atoms with E-state index in [1.807, 2.05) is 30.3 Å². The van der Waals surface area contributed by atoms with Gasteiger partial charge in [0, 0.05) is 37.9 Å². The summed E-state index contributed by atoms with van der Waals surface area (Å²) in [6.07, 6.45) is 4.25. The predicted octanol–water partition coefficient (Wildman–Crippen LogP) is 3.21. The molecule has 0 radical (unpaired) electrons. The molecule has 2 aromatic rings. The molecule has 4 heteroatoms. The smallest absolute Gasteiger partial charge is 0.115 e. The van der Waals surface area contributed by atoms with Crippen LogP contribution in [-0.2, 0) is 6.42 Å². The molecule has 4 atom stereocenters. The van der Waals surface area contributed by atoms with Crippen molar-refractivity contribution >= 4 is 0 Å². The first-order chi connectivity index (χ1) is 12.5. The molecule has 1 saturated carbocycles. The number of pyridine rings is 1. The number of benzene rings is 1. The first kappa shape index (κ1) is 17.5. The number of aliphatic hydroxyl groups is 1. The second kappa shape index (κ2) is 7.01. The molecule has 26 heavy (non-hydrogen) atoms. The van der Waals surface area contributed by atoms with Crippen LogP contribution in [0.3, 0.4) is 0 Å². The Bertz CT molecular complexity index is 718. The van der Waals surface area contributed by atoms with Gasteiger partial charge >= 0.3 is 0 Å². The Labute approximate surface area is 155 Å². The topological polar surface area (TPSA) is 56.6 Å². The second-order valence-corrected chi connectivity index (χ2v) is 8.36. The van der Waals surface area contributed by atoms with Crippen LogP contribution < -0.4 is 0 Å². The van der Waals surface area contributed by atoms with E-state index >= 15 is 0 Å². The van der Waals surface area contributed by atoms with E-state index in [0.717, 1.165) is 38.2 Å². The molecule has 1 saturated heterocycles. The molecule has 0 bridgehead atoms. The van der Waals surface area contributed by atoms with Gasteiger partial charge in [0.2, 0.25) is 0 Å². The number of nitrogens with zero attached hydrogens (tertiary/aromatic N) is 2. The summed E-state index contributed by atoms with van der Waals surface area (Å²) < 4.78 is 0. The average molecular weight is 352 g/mol. The minimum absolute atomic E-state index is 0.323. The van der Waals surface area contributed by atoms with E-state index in [0.29, 0.717) is 29.9 Å². The van der Waals surface area contributed by atoms with E-state index in [-0.39, 0.29) is 0 Å². The Kier molecular flexibility index (Phi) is 4.72. The molecule has 0 spiro atoms. The molecule has 2 N–H and O–H groups in total. The number of likely N-dealkylation sites (tertiary alicyclic amines) is 1. The summed E-state index contributed by atoms with van der Waals surface area (Å²) in [6.45, 7) is 5.45. The maximum atomic E-state index is 11.0. The maximum absolute atomic E-state index is 11.0. The molecule has 2 aliphatic rings. The lowest BCUT2D eigenvalue weighted by Gasteiger charge is -2.27. The van der Waals surface area contributed by atoms with Crippen molar-refractivity contribution < 1.29 is 10.2 Å². The summed E-state index contributed by atoms with van der Waals surface area (Å²) in [5.74, 6) is 1.96. The molecule has 2 fully saturated rings. The SMILES string of the molecule is CC(CN1C[C@@H]2C[C@@](O)(Cc3ccccn3)C[C@@H]2C1)c1ccc(O)cc1. The van der Waals surface area contributed by atoms with Crippen LogP contribution in [0.25, 0.3) is 0 Å². The summed E-state index contributed by atoms with van der Waals surface area (Å²) in [7, 11) is 0. The van der Waals surface area contributed by atoms with Gasteiger partial charge in [-0.25, -0.2) is 0 Å². The number of hydrogen-bond acceptors (Lipinski definition) is 4. The van der Waals surface area contributed by atoms with Crippen LogP contribution in [0, 0.1) is 11.8 Å². The van der Waals surface area contributed by atoms with Gasteiger partial charge < -0.3 is 15.1 Å². The van der Waals surface area contributed by atoms with Crippen molar-refractivity contribution in [3.05, 3.63) is 59.9 Å². The van der Waals surface area contributed by atoms with Crippen molar-refractivity contribution in [2.24, 2.45) is 11.8 Å². The van der Waals surface area contributed by atoms with Crippen LogP contribution >= 0.6 is 0 Å². The fourth-order valence-corrected chi connectivity index (χ4v) is 4.99. The van der Waals surface area contributed by atoms with E-state index < -0.39 is 5.60 Å². The average Bonchev–Trinajstić information content (AvgIpc) is 3.10. The zero-order valence-corrected chi connectivity index (χ0v) is 15.4. The van der Waals surface area contributed by atoms with Gasteiger partial charge in [-0.3, -0.25) is 4.98 Å². The van der Waals surface area contributed by atoms with Crippen LogP contribution in [0.4, 0.5) is 0 Å². The lowest BCUT2D eigenvalue weighted by Crippen LogP contribution is -2.33. The molecule has 1 aromatic carbocycles. The Morgan fingerprint density at radius 1 is 1.12 bits per heavy atom. The number of aromatic nitrogens is 1. The standard InChI is InChI=1S/C22H28N2O2/c1-16(17-5-7-21(25)8-6-17)13-24-14-18-10-22(26,11-19(18)15-24)12-20-4-2-3-9-23-20/h2-9,16,18-19,25-26H,10-15H2,1H3/t16?,18-,19+,22-. The fraction of sp³-hybridized carbons (Fsp3) is 0.500. The maximum Gasteiger partial charge on any atom is 0.115 e. The number of rotatable bonds is 5. The monoisotopic (exact) mass is 352 g/mol. The quantitative estimate of drug-likeness (QED) is 0.868. The zero-order chi connectivity index (χ0) is 18.1. The van der Waals surface area contributed by atoms with E-state index in [1.54, 1.807) is 18.3 Å². The van der Waals surface area contributed by atoms with Crippen molar-refractivity contribution in [2.75, 3.05) is 19.6 Å². The number of phenolic OH excluding ortho intramolecular Hbond substituents is 1. The van der Waals surface area contributed by atoms with Crippen LogP contribution in [0.1, 0.15) is 36.9 Å². The molecule has 1 aromatic heterocycles. The first-order valence-corrected chi connectivity index (χ1v) is 9.64. The summed E-state index contributed by atoms with van der Waals surface area (Å²) in [6, 6.07) is 13.5. The summed E-state index contributed by atoms with van der Waals surface area (Å²) in [5, 5.41) is 20.5. The van der Waals surface area contributed by atoms with Crippen LogP contribution in [0.2, 0.25) is 0 Å². The number of hydrogen-bond donors (Lipinski definition) is 2. The second-order valence-electron chi connectivity index (χ2n) is 8.36. The Morgan fingerprint density at radius 3 is 2.42 bits per heavy atom. The number of aromatic hydroxyl groups is 1. The van der Waals surface area contributed by atoms with E-state index in [4.69, 9.17) is 0 Å². The molecule has 0 amide bonds. The minimum atomic E-state index is -0.585. The van der Waals surface area contributed by atoms with E-state index in [2.05, 4.69) is 16.8 Å². The van der Waals surface area contributed by atoms with Gasteiger partial charge in [0.25, 0.3) is 0 Å². The molecule has 1 aliphatic heterocycles. The van der Waals surface area contributed by atoms with Gasteiger partial charge in [0.1, 0.15) is 5.75 Å².